The lowest BCUT2D eigenvalue weighted by atomic mass is 10.0. The number of hydrogen-bond donors (Lipinski definition) is 1. The van der Waals surface area contributed by atoms with E-state index in [1.54, 1.807) is 4.88 Å². The first kappa shape index (κ1) is 12.7. The Balaban J connectivity index is 1.54. The van der Waals surface area contributed by atoms with Gasteiger partial charge in [0.1, 0.15) is 0 Å². The molecular weight excluding hydrogens is 252 g/mol. The molecule has 0 fully saturated rings. The summed E-state index contributed by atoms with van der Waals surface area (Å²) in [5.74, 6) is 0. The van der Waals surface area contributed by atoms with Crippen LogP contribution in [0.25, 0.3) is 0 Å². The molecule has 1 aliphatic heterocycles. The van der Waals surface area contributed by atoms with Gasteiger partial charge < -0.3 is 5.32 Å². The summed E-state index contributed by atoms with van der Waals surface area (Å²) in [6.45, 7) is 5.62. The Kier molecular flexibility index (Phi) is 3.85. The van der Waals surface area contributed by atoms with Gasteiger partial charge in [0.25, 0.3) is 0 Å². The van der Waals surface area contributed by atoms with Crippen LogP contribution in [0, 0.1) is 0 Å². The molecule has 100 valence electrons. The van der Waals surface area contributed by atoms with Crippen LogP contribution >= 0.6 is 11.3 Å². The minimum atomic E-state index is 0.563. The van der Waals surface area contributed by atoms with Crippen molar-refractivity contribution in [2.24, 2.45) is 0 Å². The normalized spacial score (nSPS) is 19.1. The van der Waals surface area contributed by atoms with Crippen molar-refractivity contribution < 1.29 is 0 Å². The molecule has 1 atom stereocenters. The van der Waals surface area contributed by atoms with Crippen molar-refractivity contribution in [2.75, 3.05) is 25.0 Å². The van der Waals surface area contributed by atoms with E-state index in [-0.39, 0.29) is 0 Å². The molecular formula is C16H20N2S. The summed E-state index contributed by atoms with van der Waals surface area (Å²) in [6.07, 6.45) is 1.21. The van der Waals surface area contributed by atoms with Gasteiger partial charge in [-0.25, -0.2) is 0 Å². The monoisotopic (exact) mass is 272 g/mol. The molecule has 1 aromatic heterocycles. The van der Waals surface area contributed by atoms with Crippen LogP contribution < -0.4 is 5.32 Å². The molecule has 2 aromatic rings. The Bertz CT molecular complexity index is 521. The van der Waals surface area contributed by atoms with Crippen LogP contribution in [0.4, 0.5) is 5.69 Å². The first-order valence-corrected chi connectivity index (χ1v) is 7.82. The molecule has 2 nitrogen and oxygen atoms in total. The summed E-state index contributed by atoms with van der Waals surface area (Å²) in [5.41, 5.74) is 2.75. The van der Waals surface area contributed by atoms with E-state index in [0.717, 1.165) is 13.1 Å². The summed E-state index contributed by atoms with van der Waals surface area (Å²) in [6, 6.07) is 13.3. The molecule has 3 heteroatoms. The first-order chi connectivity index (χ1) is 9.34. The van der Waals surface area contributed by atoms with E-state index < -0.39 is 0 Å². The maximum atomic E-state index is 3.49. The number of rotatable bonds is 4. The predicted octanol–water partition coefficient (Wildman–Crippen LogP) is 3.78. The Hall–Kier alpha value is -1.32. The summed E-state index contributed by atoms with van der Waals surface area (Å²) < 4.78 is 0. The lowest BCUT2D eigenvalue weighted by molar-refractivity contribution is 0.208. The maximum Gasteiger partial charge on any atom is 0.0340 e. The highest BCUT2D eigenvalue weighted by Crippen LogP contribution is 2.32. The highest BCUT2D eigenvalue weighted by atomic mass is 32.1. The Morgan fingerprint density at radius 1 is 1.26 bits per heavy atom. The minimum Gasteiger partial charge on any atom is -0.384 e. The lowest BCUT2D eigenvalue weighted by Crippen LogP contribution is -2.36. The smallest absolute Gasteiger partial charge is 0.0340 e. The van der Waals surface area contributed by atoms with Crippen molar-refractivity contribution in [2.45, 2.75) is 19.4 Å². The second-order valence-electron chi connectivity index (χ2n) is 5.05. The van der Waals surface area contributed by atoms with Crippen molar-refractivity contribution in [1.82, 2.24) is 4.90 Å². The maximum absolute atomic E-state index is 3.49. The van der Waals surface area contributed by atoms with Gasteiger partial charge in [-0.1, -0.05) is 18.2 Å². The zero-order chi connectivity index (χ0) is 13.1. The average Bonchev–Trinajstić information content (AvgIpc) is 2.92. The molecule has 0 saturated carbocycles. The highest BCUT2D eigenvalue weighted by molar-refractivity contribution is 7.10. The third kappa shape index (κ3) is 2.82. The Morgan fingerprint density at radius 3 is 2.95 bits per heavy atom. The summed E-state index contributed by atoms with van der Waals surface area (Å²) in [7, 11) is 0. The summed E-state index contributed by atoms with van der Waals surface area (Å²) >= 11 is 1.91. The SMILES string of the molecule is CC1c2ccsc2CCN1CCNc1ccccc1. The van der Waals surface area contributed by atoms with Crippen LogP contribution in [0.1, 0.15) is 23.4 Å². The fourth-order valence-corrected chi connectivity index (χ4v) is 3.73. The van der Waals surface area contributed by atoms with Crippen molar-refractivity contribution in [1.29, 1.82) is 0 Å². The fourth-order valence-electron chi connectivity index (χ4n) is 2.77. The van der Waals surface area contributed by atoms with E-state index >= 15 is 0 Å². The first-order valence-electron chi connectivity index (χ1n) is 6.94. The molecule has 3 rings (SSSR count). The number of thiophene rings is 1. The van der Waals surface area contributed by atoms with Gasteiger partial charge in [0.2, 0.25) is 0 Å². The Morgan fingerprint density at radius 2 is 2.11 bits per heavy atom. The van der Waals surface area contributed by atoms with Crippen molar-refractivity contribution >= 4 is 17.0 Å². The molecule has 0 bridgehead atoms. The highest BCUT2D eigenvalue weighted by Gasteiger charge is 2.23. The van der Waals surface area contributed by atoms with Gasteiger partial charge in [-0.3, -0.25) is 4.90 Å². The molecule has 0 radical (unpaired) electrons. The average molecular weight is 272 g/mol. The number of anilines is 1. The van der Waals surface area contributed by atoms with Crippen LogP contribution in [0.5, 0.6) is 0 Å². The molecule has 1 aromatic carbocycles. The molecule has 1 unspecified atom stereocenters. The molecule has 0 amide bonds. The number of fused-ring (bicyclic) bond motifs is 1. The van der Waals surface area contributed by atoms with Gasteiger partial charge in [0, 0.05) is 36.2 Å². The third-order valence-corrected chi connectivity index (χ3v) is 4.90. The molecule has 0 aliphatic carbocycles. The van der Waals surface area contributed by atoms with Crippen LogP contribution in [0.3, 0.4) is 0 Å². The molecule has 1 N–H and O–H groups in total. The van der Waals surface area contributed by atoms with Gasteiger partial charge in [0.15, 0.2) is 0 Å². The van der Waals surface area contributed by atoms with E-state index in [4.69, 9.17) is 0 Å². The third-order valence-electron chi connectivity index (χ3n) is 3.91. The molecule has 0 saturated heterocycles. The largest absolute Gasteiger partial charge is 0.384 e. The molecule has 0 spiro atoms. The zero-order valence-corrected chi connectivity index (χ0v) is 12.1. The second-order valence-corrected chi connectivity index (χ2v) is 6.05. The molecule has 2 heterocycles. The van der Waals surface area contributed by atoms with Gasteiger partial charge >= 0.3 is 0 Å². The molecule has 19 heavy (non-hydrogen) atoms. The van der Waals surface area contributed by atoms with Crippen LogP contribution in [-0.4, -0.2) is 24.5 Å². The zero-order valence-electron chi connectivity index (χ0n) is 11.3. The van der Waals surface area contributed by atoms with E-state index in [0.29, 0.717) is 6.04 Å². The fraction of sp³-hybridized carbons (Fsp3) is 0.375. The van der Waals surface area contributed by atoms with Gasteiger partial charge in [0.05, 0.1) is 0 Å². The number of nitrogens with zero attached hydrogens (tertiary/aromatic N) is 1. The van der Waals surface area contributed by atoms with E-state index in [9.17, 15) is 0 Å². The topological polar surface area (TPSA) is 15.3 Å². The predicted molar refractivity (Wildman–Crippen MR) is 82.9 cm³/mol. The van der Waals surface area contributed by atoms with Crippen LogP contribution in [0.15, 0.2) is 41.8 Å². The number of hydrogen-bond acceptors (Lipinski definition) is 3. The number of para-hydroxylation sites is 1. The van der Waals surface area contributed by atoms with Gasteiger partial charge in [-0.05, 0) is 42.5 Å². The van der Waals surface area contributed by atoms with Gasteiger partial charge in [-0.2, -0.15) is 0 Å². The standard InChI is InChI=1S/C16H20N2S/c1-13-15-8-12-19-16(15)7-10-18(13)11-9-17-14-5-3-2-4-6-14/h2-6,8,12-13,17H,7,9-11H2,1H3. The van der Waals surface area contributed by atoms with Crippen molar-refractivity contribution in [3.05, 3.63) is 52.2 Å². The minimum absolute atomic E-state index is 0.563. The summed E-state index contributed by atoms with van der Waals surface area (Å²) in [4.78, 5) is 4.16. The van der Waals surface area contributed by atoms with Crippen LogP contribution in [-0.2, 0) is 6.42 Å². The van der Waals surface area contributed by atoms with E-state index in [1.807, 2.05) is 11.3 Å². The quantitative estimate of drug-likeness (QED) is 0.911. The van der Waals surface area contributed by atoms with Crippen LogP contribution in [0.2, 0.25) is 0 Å². The van der Waals surface area contributed by atoms with Gasteiger partial charge in [-0.15, -0.1) is 11.3 Å². The number of benzene rings is 1. The summed E-state index contributed by atoms with van der Waals surface area (Å²) in [5, 5.41) is 5.72. The Labute approximate surface area is 119 Å². The van der Waals surface area contributed by atoms with E-state index in [2.05, 4.69) is 58.9 Å². The van der Waals surface area contributed by atoms with E-state index in [1.165, 1.54) is 24.2 Å². The number of nitrogens with one attached hydrogen (secondary N) is 1. The second kappa shape index (κ2) is 5.76. The van der Waals surface area contributed by atoms with Crippen molar-refractivity contribution in [3.63, 3.8) is 0 Å². The molecule has 1 aliphatic rings. The lowest BCUT2D eigenvalue weighted by Gasteiger charge is -2.33. The van der Waals surface area contributed by atoms with Crippen molar-refractivity contribution in [3.8, 4) is 0 Å².